The molecule has 5 rings (SSSR count). The van der Waals surface area contributed by atoms with Crippen LogP contribution in [0.2, 0.25) is 0 Å². The lowest BCUT2D eigenvalue weighted by molar-refractivity contribution is 0.0679. The van der Waals surface area contributed by atoms with Crippen LogP contribution in [0.5, 0.6) is 5.75 Å². The number of carbonyl (C=O) groups is 1. The number of amides is 1. The third-order valence-electron chi connectivity index (χ3n) is 6.55. The number of hydrogen-bond donors (Lipinski definition) is 0. The summed E-state index contributed by atoms with van der Waals surface area (Å²) in [4.78, 5) is 15.3. The third kappa shape index (κ3) is 5.62. The fourth-order valence-electron chi connectivity index (χ4n) is 4.52. The number of halogens is 2. The van der Waals surface area contributed by atoms with Crippen molar-refractivity contribution in [2.45, 2.75) is 25.9 Å². The van der Waals surface area contributed by atoms with Crippen molar-refractivity contribution in [2.75, 3.05) is 13.1 Å². The first-order valence-corrected chi connectivity index (χ1v) is 12.1. The lowest BCUT2D eigenvalue weighted by atomic mass is 9.90. The first kappa shape index (κ1) is 23.7. The van der Waals surface area contributed by atoms with Gasteiger partial charge in [-0.05, 0) is 72.7 Å². The van der Waals surface area contributed by atoms with Crippen LogP contribution < -0.4 is 4.74 Å². The molecule has 1 aliphatic heterocycles. The van der Waals surface area contributed by atoms with Gasteiger partial charge in [-0.2, -0.15) is 5.10 Å². The summed E-state index contributed by atoms with van der Waals surface area (Å²) in [6.07, 6.45) is 4.48. The number of likely N-dealkylation sites (tertiary alicyclic amines) is 1. The van der Waals surface area contributed by atoms with Gasteiger partial charge >= 0.3 is 0 Å². The summed E-state index contributed by atoms with van der Waals surface area (Å²) < 4.78 is 34.2. The largest absolute Gasteiger partial charge is 0.485 e. The molecule has 1 aromatic heterocycles. The van der Waals surface area contributed by atoms with Crippen LogP contribution in [0, 0.1) is 17.6 Å². The molecule has 0 spiro atoms. The van der Waals surface area contributed by atoms with Gasteiger partial charge in [0.15, 0.2) is 11.4 Å². The Balaban J connectivity index is 1.32. The zero-order chi connectivity index (χ0) is 24.9. The van der Waals surface area contributed by atoms with Crippen molar-refractivity contribution in [3.8, 4) is 11.4 Å². The van der Waals surface area contributed by atoms with E-state index in [1.165, 1.54) is 34.5 Å². The third-order valence-corrected chi connectivity index (χ3v) is 6.55. The minimum Gasteiger partial charge on any atom is -0.485 e. The van der Waals surface area contributed by atoms with Gasteiger partial charge in [0.1, 0.15) is 18.2 Å². The maximum atomic E-state index is 13.5. The molecule has 5 nitrogen and oxygen atoms in total. The van der Waals surface area contributed by atoms with E-state index in [2.05, 4.69) is 29.4 Å². The van der Waals surface area contributed by atoms with Gasteiger partial charge in [-0.15, -0.1) is 0 Å². The number of nitrogens with zero attached hydrogens (tertiary/aromatic N) is 3. The first-order chi connectivity index (χ1) is 17.5. The second-order valence-corrected chi connectivity index (χ2v) is 9.10. The van der Waals surface area contributed by atoms with E-state index in [-0.39, 0.29) is 29.8 Å². The normalized spacial score (nSPS) is 14.1. The molecule has 184 valence electrons. The fraction of sp³-hybridized carbons (Fsp3) is 0.241. The molecule has 4 aromatic rings. The molecule has 36 heavy (non-hydrogen) atoms. The maximum absolute atomic E-state index is 13.5. The molecule has 0 N–H and O–H groups in total. The molecule has 0 atom stereocenters. The van der Waals surface area contributed by atoms with E-state index in [0.29, 0.717) is 30.4 Å². The summed E-state index contributed by atoms with van der Waals surface area (Å²) in [6, 6.07) is 22.3. The smallest absolute Gasteiger partial charge is 0.278 e. The van der Waals surface area contributed by atoms with Crippen LogP contribution in [0.15, 0.2) is 85.1 Å². The summed E-state index contributed by atoms with van der Waals surface area (Å²) in [5.41, 5.74) is 2.91. The van der Waals surface area contributed by atoms with E-state index in [4.69, 9.17) is 4.74 Å². The zero-order valence-electron chi connectivity index (χ0n) is 19.8. The summed E-state index contributed by atoms with van der Waals surface area (Å²) in [5.74, 6) is -0.00613. The molecule has 1 saturated heterocycles. The van der Waals surface area contributed by atoms with Crippen LogP contribution >= 0.6 is 0 Å². The Morgan fingerprint density at radius 1 is 0.861 bits per heavy atom. The zero-order valence-corrected chi connectivity index (χ0v) is 19.8. The van der Waals surface area contributed by atoms with Crippen LogP contribution in [0.3, 0.4) is 0 Å². The number of piperidine rings is 1. The molecular weight excluding hydrogens is 460 g/mol. The highest BCUT2D eigenvalue weighted by molar-refractivity contribution is 5.95. The molecule has 0 aliphatic carbocycles. The van der Waals surface area contributed by atoms with E-state index in [1.807, 2.05) is 11.0 Å². The van der Waals surface area contributed by atoms with Crippen LogP contribution in [-0.2, 0) is 13.0 Å². The van der Waals surface area contributed by atoms with Crippen molar-refractivity contribution in [3.63, 3.8) is 0 Å². The van der Waals surface area contributed by atoms with Gasteiger partial charge in [0.05, 0.1) is 11.9 Å². The summed E-state index contributed by atoms with van der Waals surface area (Å²) in [7, 11) is 0. The predicted molar refractivity (Wildman–Crippen MR) is 133 cm³/mol. The molecular formula is C29H27F2N3O2. The molecule has 0 radical (unpaired) electrons. The van der Waals surface area contributed by atoms with Crippen LogP contribution in [-0.4, -0.2) is 33.7 Å². The molecule has 1 aliphatic rings. The van der Waals surface area contributed by atoms with Crippen molar-refractivity contribution in [2.24, 2.45) is 5.92 Å². The van der Waals surface area contributed by atoms with Gasteiger partial charge in [-0.3, -0.25) is 4.79 Å². The number of aromatic nitrogens is 2. The van der Waals surface area contributed by atoms with Crippen molar-refractivity contribution in [1.29, 1.82) is 0 Å². The molecule has 2 heterocycles. The lowest BCUT2D eigenvalue weighted by Crippen LogP contribution is -2.39. The molecule has 0 saturated carbocycles. The standard InChI is InChI=1S/C29H27F2N3O2/c30-24-8-6-23(7-9-24)20-36-27-19-34(26-12-10-25(31)11-13-26)32-28(27)29(35)33-16-14-22(15-17-33)18-21-4-2-1-3-5-21/h1-13,19,22H,14-18,20H2. The Morgan fingerprint density at radius 2 is 1.50 bits per heavy atom. The Bertz CT molecular complexity index is 1300. The highest BCUT2D eigenvalue weighted by Gasteiger charge is 2.28. The highest BCUT2D eigenvalue weighted by atomic mass is 19.1. The van der Waals surface area contributed by atoms with Gasteiger partial charge in [0.2, 0.25) is 0 Å². The number of rotatable bonds is 7. The van der Waals surface area contributed by atoms with Gasteiger partial charge in [-0.25, -0.2) is 13.5 Å². The van der Waals surface area contributed by atoms with E-state index >= 15 is 0 Å². The lowest BCUT2D eigenvalue weighted by Gasteiger charge is -2.31. The van der Waals surface area contributed by atoms with Gasteiger partial charge in [-0.1, -0.05) is 42.5 Å². The van der Waals surface area contributed by atoms with Crippen molar-refractivity contribution >= 4 is 5.91 Å². The number of hydrogen-bond acceptors (Lipinski definition) is 3. The first-order valence-electron chi connectivity index (χ1n) is 12.1. The Kier molecular flexibility index (Phi) is 7.07. The second kappa shape index (κ2) is 10.7. The molecule has 3 aromatic carbocycles. The highest BCUT2D eigenvalue weighted by Crippen LogP contribution is 2.27. The van der Waals surface area contributed by atoms with E-state index < -0.39 is 0 Å². The van der Waals surface area contributed by atoms with Crippen molar-refractivity contribution in [3.05, 3.63) is 114 Å². The van der Waals surface area contributed by atoms with E-state index in [9.17, 15) is 13.6 Å². The molecule has 0 bridgehead atoms. The summed E-state index contributed by atoms with van der Waals surface area (Å²) >= 11 is 0. The van der Waals surface area contributed by atoms with Crippen LogP contribution in [0.4, 0.5) is 8.78 Å². The maximum Gasteiger partial charge on any atom is 0.278 e. The number of benzene rings is 3. The van der Waals surface area contributed by atoms with Gasteiger partial charge < -0.3 is 9.64 Å². The monoisotopic (exact) mass is 487 g/mol. The second-order valence-electron chi connectivity index (χ2n) is 9.10. The Labute approximate surface area is 208 Å². The Hall–Kier alpha value is -4.00. The summed E-state index contributed by atoms with van der Waals surface area (Å²) in [6.45, 7) is 1.46. The quantitative estimate of drug-likeness (QED) is 0.330. The van der Waals surface area contributed by atoms with Gasteiger partial charge in [0, 0.05) is 13.1 Å². The number of carbonyl (C=O) groups excluding carboxylic acids is 1. The average molecular weight is 488 g/mol. The number of ether oxygens (including phenoxy) is 1. The van der Waals surface area contributed by atoms with E-state index in [1.54, 1.807) is 30.5 Å². The molecule has 7 heteroatoms. The molecule has 1 amide bonds. The molecule has 1 fully saturated rings. The fourth-order valence-corrected chi connectivity index (χ4v) is 4.52. The summed E-state index contributed by atoms with van der Waals surface area (Å²) in [5, 5.41) is 4.52. The minimum absolute atomic E-state index is 0.162. The predicted octanol–water partition coefficient (Wildman–Crippen LogP) is 5.82. The van der Waals surface area contributed by atoms with Crippen LogP contribution in [0.25, 0.3) is 5.69 Å². The van der Waals surface area contributed by atoms with Crippen LogP contribution in [0.1, 0.15) is 34.5 Å². The Morgan fingerprint density at radius 3 is 2.17 bits per heavy atom. The minimum atomic E-state index is -0.353. The average Bonchev–Trinajstić information content (AvgIpc) is 3.34. The topological polar surface area (TPSA) is 47.4 Å². The van der Waals surface area contributed by atoms with Gasteiger partial charge in [0.25, 0.3) is 5.91 Å². The molecule has 0 unspecified atom stereocenters. The van der Waals surface area contributed by atoms with Crippen molar-refractivity contribution < 1.29 is 18.3 Å². The SMILES string of the molecule is O=C(c1nn(-c2ccc(F)cc2)cc1OCc1ccc(F)cc1)N1CCC(Cc2ccccc2)CC1. The van der Waals surface area contributed by atoms with Crippen molar-refractivity contribution in [1.82, 2.24) is 14.7 Å². The van der Waals surface area contributed by atoms with E-state index in [0.717, 1.165) is 24.8 Å².